The highest BCUT2D eigenvalue weighted by Gasteiger charge is 2.13. The lowest BCUT2D eigenvalue weighted by molar-refractivity contribution is 0.911. The first kappa shape index (κ1) is 14.5. The molecule has 104 valence electrons. The normalized spacial score (nSPS) is 10.3. The van der Waals surface area contributed by atoms with Crippen LogP contribution in [-0.4, -0.2) is 16.5 Å². The van der Waals surface area contributed by atoms with Crippen molar-refractivity contribution in [2.75, 3.05) is 11.9 Å². The highest BCUT2D eigenvalue weighted by molar-refractivity contribution is 7.16. The van der Waals surface area contributed by atoms with E-state index in [4.69, 9.17) is 5.26 Å². The molecule has 0 aliphatic carbocycles. The van der Waals surface area contributed by atoms with Crippen molar-refractivity contribution in [1.82, 2.24) is 9.97 Å². The Bertz CT molecular complexity index is 640. The van der Waals surface area contributed by atoms with Crippen LogP contribution in [0, 0.1) is 18.3 Å². The second-order valence-electron chi connectivity index (χ2n) is 4.52. The molecular weight excluding hydrogens is 268 g/mol. The number of nitrogens with zero attached hydrogens (tertiary/aromatic N) is 3. The Morgan fingerprint density at radius 1 is 1.30 bits per heavy atom. The predicted molar refractivity (Wildman–Crippen MR) is 83.0 cm³/mol. The molecule has 0 bridgehead atoms. The van der Waals surface area contributed by atoms with Crippen LogP contribution in [0.2, 0.25) is 0 Å². The average molecular weight is 286 g/mol. The second-order valence-corrected chi connectivity index (χ2v) is 5.60. The van der Waals surface area contributed by atoms with Crippen molar-refractivity contribution in [1.29, 1.82) is 5.26 Å². The van der Waals surface area contributed by atoms with Gasteiger partial charge in [-0.05, 0) is 25.5 Å². The summed E-state index contributed by atoms with van der Waals surface area (Å²) >= 11 is 1.47. The van der Waals surface area contributed by atoms with Crippen molar-refractivity contribution in [3.05, 3.63) is 28.4 Å². The van der Waals surface area contributed by atoms with E-state index in [-0.39, 0.29) is 0 Å². The minimum absolute atomic E-state index is 0.708. The zero-order valence-corrected chi connectivity index (χ0v) is 12.8. The number of anilines is 1. The fraction of sp³-hybridized carbons (Fsp3) is 0.400. The number of rotatable bonds is 5. The lowest BCUT2D eigenvalue weighted by Gasteiger charge is -2.12. The van der Waals surface area contributed by atoms with Crippen molar-refractivity contribution in [2.45, 2.75) is 33.6 Å². The van der Waals surface area contributed by atoms with Crippen LogP contribution in [0.25, 0.3) is 10.6 Å². The smallest absolute Gasteiger partial charge is 0.133 e. The SMILES string of the molecule is CCCNc1nc(CC)nc(-c2ccc(C#N)s2)c1C. The van der Waals surface area contributed by atoms with E-state index in [2.05, 4.69) is 28.3 Å². The summed E-state index contributed by atoms with van der Waals surface area (Å²) in [6.07, 6.45) is 1.85. The highest BCUT2D eigenvalue weighted by Crippen LogP contribution is 2.31. The summed E-state index contributed by atoms with van der Waals surface area (Å²) in [7, 11) is 0. The molecule has 0 spiro atoms. The minimum atomic E-state index is 0.708. The molecule has 2 heterocycles. The van der Waals surface area contributed by atoms with Crippen LogP contribution in [0.4, 0.5) is 5.82 Å². The molecule has 0 saturated heterocycles. The molecule has 0 aliphatic heterocycles. The van der Waals surface area contributed by atoms with Crippen molar-refractivity contribution in [2.24, 2.45) is 0 Å². The Balaban J connectivity index is 2.48. The average Bonchev–Trinajstić information content (AvgIpc) is 2.95. The zero-order valence-electron chi connectivity index (χ0n) is 12.0. The monoisotopic (exact) mass is 286 g/mol. The number of nitriles is 1. The van der Waals surface area contributed by atoms with Crippen molar-refractivity contribution < 1.29 is 0 Å². The third-order valence-corrected chi connectivity index (χ3v) is 4.00. The van der Waals surface area contributed by atoms with Crippen molar-refractivity contribution in [3.8, 4) is 16.6 Å². The Hall–Kier alpha value is -1.93. The van der Waals surface area contributed by atoms with Gasteiger partial charge in [0.25, 0.3) is 0 Å². The molecule has 2 rings (SSSR count). The van der Waals surface area contributed by atoms with Crippen LogP contribution >= 0.6 is 11.3 Å². The molecule has 0 aromatic carbocycles. The number of hydrogen-bond acceptors (Lipinski definition) is 5. The molecule has 2 aromatic heterocycles. The summed E-state index contributed by atoms with van der Waals surface area (Å²) < 4.78 is 0. The summed E-state index contributed by atoms with van der Waals surface area (Å²) in [6.45, 7) is 7.10. The molecule has 0 atom stereocenters. The number of hydrogen-bond donors (Lipinski definition) is 1. The van der Waals surface area contributed by atoms with Crippen LogP contribution in [0.3, 0.4) is 0 Å². The fourth-order valence-corrected chi connectivity index (χ4v) is 2.75. The lowest BCUT2D eigenvalue weighted by Crippen LogP contribution is -2.08. The van der Waals surface area contributed by atoms with Crippen molar-refractivity contribution in [3.63, 3.8) is 0 Å². The highest BCUT2D eigenvalue weighted by atomic mass is 32.1. The number of aromatic nitrogens is 2. The molecule has 20 heavy (non-hydrogen) atoms. The number of nitrogens with one attached hydrogen (secondary N) is 1. The van der Waals surface area contributed by atoms with Gasteiger partial charge in [-0.3, -0.25) is 0 Å². The molecule has 0 amide bonds. The minimum Gasteiger partial charge on any atom is -0.370 e. The lowest BCUT2D eigenvalue weighted by atomic mass is 10.2. The Kier molecular flexibility index (Phi) is 4.70. The maximum Gasteiger partial charge on any atom is 0.133 e. The van der Waals surface area contributed by atoms with E-state index >= 15 is 0 Å². The summed E-state index contributed by atoms with van der Waals surface area (Å²) in [5.74, 6) is 1.73. The van der Waals surface area contributed by atoms with Crippen LogP contribution in [0.15, 0.2) is 12.1 Å². The van der Waals surface area contributed by atoms with Crippen LogP contribution < -0.4 is 5.32 Å². The van der Waals surface area contributed by atoms with Crippen LogP contribution in [0.5, 0.6) is 0 Å². The van der Waals surface area contributed by atoms with Gasteiger partial charge in [0.05, 0.1) is 10.6 Å². The molecule has 4 nitrogen and oxygen atoms in total. The van der Waals surface area contributed by atoms with Gasteiger partial charge in [0, 0.05) is 18.5 Å². The quantitative estimate of drug-likeness (QED) is 0.908. The molecule has 0 fully saturated rings. The maximum atomic E-state index is 8.95. The first-order valence-corrected chi connectivity index (χ1v) is 7.62. The van der Waals surface area contributed by atoms with Gasteiger partial charge in [0.15, 0.2) is 0 Å². The first-order chi connectivity index (χ1) is 9.69. The molecule has 2 aromatic rings. The number of thiophene rings is 1. The van der Waals surface area contributed by atoms with E-state index in [0.717, 1.165) is 47.2 Å². The van der Waals surface area contributed by atoms with E-state index in [0.29, 0.717) is 4.88 Å². The van der Waals surface area contributed by atoms with E-state index < -0.39 is 0 Å². The zero-order chi connectivity index (χ0) is 14.5. The molecule has 5 heteroatoms. The van der Waals surface area contributed by atoms with Gasteiger partial charge in [0.1, 0.15) is 22.6 Å². The number of aryl methyl sites for hydroxylation is 1. The van der Waals surface area contributed by atoms with Gasteiger partial charge in [0.2, 0.25) is 0 Å². The van der Waals surface area contributed by atoms with Gasteiger partial charge >= 0.3 is 0 Å². The van der Waals surface area contributed by atoms with E-state index in [1.54, 1.807) is 0 Å². The summed E-state index contributed by atoms with van der Waals surface area (Å²) in [5, 5.41) is 12.3. The molecule has 1 N–H and O–H groups in total. The first-order valence-electron chi connectivity index (χ1n) is 6.81. The molecule has 0 unspecified atom stereocenters. The van der Waals surface area contributed by atoms with Gasteiger partial charge in [-0.2, -0.15) is 5.26 Å². The van der Waals surface area contributed by atoms with Crippen LogP contribution in [-0.2, 0) is 6.42 Å². The standard InChI is InChI=1S/C15H18N4S/c1-4-8-17-15-10(3)14(18-13(5-2)19-15)12-7-6-11(9-16)20-12/h6-7H,4-5,8H2,1-3H3,(H,17,18,19). The third-order valence-electron chi connectivity index (χ3n) is 3.00. The summed E-state index contributed by atoms with van der Waals surface area (Å²) in [4.78, 5) is 10.9. The molecule has 0 aliphatic rings. The second kappa shape index (κ2) is 6.49. The fourth-order valence-electron chi connectivity index (χ4n) is 1.90. The van der Waals surface area contributed by atoms with Crippen molar-refractivity contribution >= 4 is 17.2 Å². The molecule has 0 saturated carbocycles. The van der Waals surface area contributed by atoms with Gasteiger partial charge in [-0.25, -0.2) is 9.97 Å². The van der Waals surface area contributed by atoms with Gasteiger partial charge in [-0.1, -0.05) is 13.8 Å². The van der Waals surface area contributed by atoms with E-state index in [1.165, 1.54) is 11.3 Å². The Morgan fingerprint density at radius 2 is 2.10 bits per heavy atom. The van der Waals surface area contributed by atoms with E-state index in [1.807, 2.05) is 26.0 Å². The summed E-state index contributed by atoms with van der Waals surface area (Å²) in [5.41, 5.74) is 1.98. The third kappa shape index (κ3) is 2.97. The molecular formula is C15H18N4S. The predicted octanol–water partition coefficient (Wildman–Crippen LogP) is 3.77. The molecule has 0 radical (unpaired) electrons. The maximum absolute atomic E-state index is 8.95. The Labute approximate surface area is 123 Å². The topological polar surface area (TPSA) is 61.6 Å². The summed E-state index contributed by atoms with van der Waals surface area (Å²) in [6, 6.07) is 5.97. The van der Waals surface area contributed by atoms with E-state index in [9.17, 15) is 0 Å². The Morgan fingerprint density at radius 3 is 2.70 bits per heavy atom. The van der Waals surface area contributed by atoms with Gasteiger partial charge < -0.3 is 5.32 Å². The van der Waals surface area contributed by atoms with Gasteiger partial charge in [-0.15, -0.1) is 11.3 Å². The largest absolute Gasteiger partial charge is 0.370 e. The van der Waals surface area contributed by atoms with Crippen LogP contribution in [0.1, 0.15) is 36.5 Å².